The van der Waals surface area contributed by atoms with E-state index in [0.29, 0.717) is 0 Å². The van der Waals surface area contributed by atoms with E-state index in [-0.39, 0.29) is 0 Å². The van der Waals surface area contributed by atoms with Gasteiger partial charge in [-0.05, 0) is 43.0 Å². The number of fused-ring (bicyclic) bond motifs is 1. The number of hydrogen-bond donors (Lipinski definition) is 1. The Balaban J connectivity index is 2.30. The molecule has 2 nitrogen and oxygen atoms in total. The summed E-state index contributed by atoms with van der Waals surface area (Å²) in [5, 5.41) is 4.60. The molecule has 0 aliphatic carbocycles. The Labute approximate surface area is 107 Å². The molecule has 17 heavy (non-hydrogen) atoms. The average molecular weight is 248 g/mol. The lowest BCUT2D eigenvalue weighted by Gasteiger charge is -2.10. The van der Waals surface area contributed by atoms with E-state index < -0.39 is 0 Å². The van der Waals surface area contributed by atoms with Crippen LogP contribution in [-0.2, 0) is 13.1 Å². The highest BCUT2D eigenvalue weighted by Crippen LogP contribution is 2.20. The third-order valence-corrected chi connectivity index (χ3v) is 3.68. The highest BCUT2D eigenvalue weighted by atomic mass is 32.2. The van der Waals surface area contributed by atoms with Crippen molar-refractivity contribution in [1.29, 1.82) is 0 Å². The molecule has 1 aromatic carbocycles. The van der Waals surface area contributed by atoms with E-state index in [0.717, 1.165) is 13.1 Å². The highest BCUT2D eigenvalue weighted by molar-refractivity contribution is 7.98. The molecule has 0 spiro atoms. The number of nitrogens with zero attached hydrogens (tertiary/aromatic N) is 1. The number of hydrogen-bond acceptors (Lipinski definition) is 2. The summed E-state index contributed by atoms with van der Waals surface area (Å²) < 4.78 is 2.45. The van der Waals surface area contributed by atoms with Gasteiger partial charge in [0.1, 0.15) is 0 Å². The number of rotatable bonds is 6. The largest absolute Gasteiger partial charge is 0.343 e. The van der Waals surface area contributed by atoms with Gasteiger partial charge in [-0.15, -0.1) is 0 Å². The van der Waals surface area contributed by atoms with Gasteiger partial charge in [-0.3, -0.25) is 0 Å². The predicted octanol–water partition coefficient (Wildman–Crippen LogP) is 3.11. The normalized spacial score (nSPS) is 11.2. The van der Waals surface area contributed by atoms with Gasteiger partial charge in [-0.1, -0.05) is 18.2 Å². The van der Waals surface area contributed by atoms with Gasteiger partial charge in [-0.25, -0.2) is 0 Å². The summed E-state index contributed by atoms with van der Waals surface area (Å²) in [6.07, 6.45) is 3.40. The third-order valence-electron chi connectivity index (χ3n) is 2.98. The second kappa shape index (κ2) is 6.12. The van der Waals surface area contributed by atoms with E-state index in [1.165, 1.54) is 28.8 Å². The van der Waals surface area contributed by atoms with Crippen molar-refractivity contribution in [3.05, 3.63) is 36.0 Å². The summed E-state index contributed by atoms with van der Waals surface area (Å²) in [7, 11) is 2.00. The fourth-order valence-electron chi connectivity index (χ4n) is 2.23. The molecule has 0 saturated heterocycles. The maximum Gasteiger partial charge on any atom is 0.0482 e. The predicted molar refractivity (Wildman–Crippen MR) is 77.7 cm³/mol. The molecule has 0 amide bonds. The molecule has 0 unspecified atom stereocenters. The molecule has 92 valence electrons. The van der Waals surface area contributed by atoms with Crippen molar-refractivity contribution in [1.82, 2.24) is 9.88 Å². The zero-order valence-corrected chi connectivity index (χ0v) is 11.4. The van der Waals surface area contributed by atoms with Crippen LogP contribution in [0.15, 0.2) is 30.3 Å². The topological polar surface area (TPSA) is 17.0 Å². The molecule has 0 fully saturated rings. The maximum absolute atomic E-state index is 3.25. The number of aryl methyl sites for hydroxylation is 1. The molecular formula is C14H20N2S. The summed E-state index contributed by atoms with van der Waals surface area (Å²) in [4.78, 5) is 0. The number of aromatic nitrogens is 1. The van der Waals surface area contributed by atoms with E-state index in [1.54, 1.807) is 0 Å². The lowest BCUT2D eigenvalue weighted by Crippen LogP contribution is -2.11. The molecule has 1 heterocycles. The van der Waals surface area contributed by atoms with E-state index in [1.807, 2.05) is 18.8 Å². The average Bonchev–Trinajstić information content (AvgIpc) is 2.69. The van der Waals surface area contributed by atoms with Crippen LogP contribution in [0.4, 0.5) is 0 Å². The van der Waals surface area contributed by atoms with Gasteiger partial charge >= 0.3 is 0 Å². The van der Waals surface area contributed by atoms with Crippen molar-refractivity contribution in [2.75, 3.05) is 19.1 Å². The Morgan fingerprint density at radius 3 is 2.88 bits per heavy atom. The quantitative estimate of drug-likeness (QED) is 0.791. The Bertz CT molecular complexity index is 476. The molecular weight excluding hydrogens is 228 g/mol. The molecule has 0 saturated carbocycles. The van der Waals surface area contributed by atoms with Gasteiger partial charge < -0.3 is 9.88 Å². The van der Waals surface area contributed by atoms with Crippen molar-refractivity contribution >= 4 is 22.7 Å². The molecule has 0 aliphatic heterocycles. The molecule has 0 radical (unpaired) electrons. The van der Waals surface area contributed by atoms with Crippen molar-refractivity contribution < 1.29 is 0 Å². The van der Waals surface area contributed by atoms with Crippen LogP contribution in [0.25, 0.3) is 10.9 Å². The minimum absolute atomic E-state index is 0.938. The maximum atomic E-state index is 3.25. The monoisotopic (exact) mass is 248 g/mol. The fourth-order valence-corrected chi connectivity index (χ4v) is 2.64. The van der Waals surface area contributed by atoms with E-state index in [4.69, 9.17) is 0 Å². The van der Waals surface area contributed by atoms with Crippen LogP contribution in [0.3, 0.4) is 0 Å². The summed E-state index contributed by atoms with van der Waals surface area (Å²) in [5.74, 6) is 1.23. The number of nitrogens with one attached hydrogen (secondary N) is 1. The summed E-state index contributed by atoms with van der Waals surface area (Å²) in [5.41, 5.74) is 2.74. The SMILES string of the molecule is CNCc1cc2ccccc2n1CCCSC. The van der Waals surface area contributed by atoms with Crippen LogP contribution in [0.1, 0.15) is 12.1 Å². The third kappa shape index (κ3) is 2.85. The van der Waals surface area contributed by atoms with E-state index in [2.05, 4.69) is 46.5 Å². The Morgan fingerprint density at radius 1 is 1.29 bits per heavy atom. The molecule has 1 aromatic heterocycles. The second-order valence-corrected chi connectivity index (χ2v) is 5.21. The van der Waals surface area contributed by atoms with Crippen LogP contribution < -0.4 is 5.32 Å². The van der Waals surface area contributed by atoms with Gasteiger partial charge in [-0.2, -0.15) is 11.8 Å². The number of para-hydroxylation sites is 1. The summed E-state index contributed by atoms with van der Waals surface area (Å²) in [6, 6.07) is 10.9. The molecule has 0 aliphatic rings. The van der Waals surface area contributed by atoms with Crippen molar-refractivity contribution in [2.45, 2.75) is 19.5 Å². The van der Waals surface area contributed by atoms with Crippen LogP contribution in [0.5, 0.6) is 0 Å². The van der Waals surface area contributed by atoms with Crippen LogP contribution >= 0.6 is 11.8 Å². The van der Waals surface area contributed by atoms with Crippen molar-refractivity contribution in [3.63, 3.8) is 0 Å². The molecule has 2 aromatic rings. The number of thioether (sulfide) groups is 1. The molecule has 0 bridgehead atoms. The first kappa shape index (κ1) is 12.5. The lowest BCUT2D eigenvalue weighted by atomic mass is 10.2. The second-order valence-electron chi connectivity index (χ2n) is 4.22. The first-order valence-corrected chi connectivity index (χ1v) is 7.47. The Hall–Kier alpha value is -0.930. The van der Waals surface area contributed by atoms with Gasteiger partial charge in [0, 0.05) is 24.3 Å². The molecule has 1 N–H and O–H groups in total. The number of benzene rings is 1. The van der Waals surface area contributed by atoms with Gasteiger partial charge in [0.15, 0.2) is 0 Å². The minimum Gasteiger partial charge on any atom is -0.343 e. The van der Waals surface area contributed by atoms with Crippen molar-refractivity contribution in [3.8, 4) is 0 Å². The summed E-state index contributed by atoms with van der Waals surface area (Å²) in [6.45, 7) is 2.05. The van der Waals surface area contributed by atoms with Gasteiger partial charge in [0.25, 0.3) is 0 Å². The first-order valence-electron chi connectivity index (χ1n) is 6.07. The van der Waals surface area contributed by atoms with Crippen molar-refractivity contribution in [2.24, 2.45) is 0 Å². The highest BCUT2D eigenvalue weighted by Gasteiger charge is 2.06. The Morgan fingerprint density at radius 2 is 2.12 bits per heavy atom. The van der Waals surface area contributed by atoms with Crippen LogP contribution in [0.2, 0.25) is 0 Å². The minimum atomic E-state index is 0.938. The molecule has 0 atom stereocenters. The van der Waals surface area contributed by atoms with Crippen LogP contribution in [0, 0.1) is 0 Å². The van der Waals surface area contributed by atoms with E-state index >= 15 is 0 Å². The van der Waals surface area contributed by atoms with Crippen LogP contribution in [-0.4, -0.2) is 23.6 Å². The zero-order valence-electron chi connectivity index (χ0n) is 10.6. The van der Waals surface area contributed by atoms with E-state index in [9.17, 15) is 0 Å². The first-order chi connectivity index (χ1) is 8.36. The standard InChI is InChI=1S/C14H20N2S/c1-15-11-13-10-12-6-3-4-7-14(12)16(13)8-5-9-17-2/h3-4,6-7,10,15H,5,8-9,11H2,1-2H3. The molecule has 2 rings (SSSR count). The Kier molecular flexibility index (Phi) is 4.51. The molecule has 3 heteroatoms. The lowest BCUT2D eigenvalue weighted by molar-refractivity contribution is 0.648. The smallest absolute Gasteiger partial charge is 0.0482 e. The van der Waals surface area contributed by atoms with Gasteiger partial charge in [0.05, 0.1) is 0 Å². The van der Waals surface area contributed by atoms with Gasteiger partial charge in [0.2, 0.25) is 0 Å². The summed E-state index contributed by atoms with van der Waals surface area (Å²) >= 11 is 1.92. The zero-order chi connectivity index (χ0) is 12.1. The fraction of sp³-hybridized carbons (Fsp3) is 0.429.